The molecule has 0 unspecified atom stereocenters. The number of aromatic nitrogens is 1. The normalized spacial score (nSPS) is 12.6. The van der Waals surface area contributed by atoms with Gasteiger partial charge in [0.25, 0.3) is 0 Å². The predicted molar refractivity (Wildman–Crippen MR) is 124 cm³/mol. The Labute approximate surface area is 192 Å². The van der Waals surface area contributed by atoms with Gasteiger partial charge < -0.3 is 10.6 Å². The highest BCUT2D eigenvalue weighted by Gasteiger charge is 2.33. The van der Waals surface area contributed by atoms with Crippen LogP contribution < -0.4 is 10.6 Å². The molecular weight excluding hydrogens is 419 g/mol. The molecule has 0 bridgehead atoms. The quantitative estimate of drug-likeness (QED) is 0.470. The highest BCUT2D eigenvalue weighted by molar-refractivity contribution is 5.98. The van der Waals surface area contributed by atoms with E-state index in [1.54, 1.807) is 42.7 Å². The molecule has 3 aromatic rings. The first-order valence-corrected chi connectivity index (χ1v) is 10.6. The van der Waals surface area contributed by atoms with Crippen LogP contribution in [-0.4, -0.2) is 23.7 Å². The summed E-state index contributed by atoms with van der Waals surface area (Å²) in [7, 11) is 0. The Morgan fingerprint density at radius 2 is 1.97 bits per heavy atom. The van der Waals surface area contributed by atoms with E-state index in [9.17, 15) is 14.0 Å². The van der Waals surface area contributed by atoms with Gasteiger partial charge in [-0.25, -0.2) is 4.39 Å². The van der Waals surface area contributed by atoms with Crippen LogP contribution in [0.5, 0.6) is 0 Å². The molecule has 1 aromatic heterocycles. The van der Waals surface area contributed by atoms with Crippen LogP contribution in [0.3, 0.4) is 0 Å². The summed E-state index contributed by atoms with van der Waals surface area (Å²) in [5.74, 6) is -1.60. The van der Waals surface area contributed by atoms with Crippen LogP contribution in [0.1, 0.15) is 52.9 Å². The zero-order valence-electron chi connectivity index (χ0n) is 18.5. The van der Waals surface area contributed by atoms with Gasteiger partial charge in [0.1, 0.15) is 12.1 Å². The molecule has 0 fully saturated rings. The highest BCUT2D eigenvalue weighted by atomic mass is 19.1. The summed E-state index contributed by atoms with van der Waals surface area (Å²) in [5, 5.41) is 15.3. The maximum absolute atomic E-state index is 14.0. The van der Waals surface area contributed by atoms with Crippen molar-refractivity contribution in [3.63, 3.8) is 0 Å². The lowest BCUT2D eigenvalue weighted by atomic mass is 9.84. The standard InChI is InChI=1S/C26H25FN4O2/c1-17(2)14-30-25(19-7-5-9-29-15-19)24(23-8-4-3-6-20(23)16-32)26(33)31-22-11-18(13-28)10-21(27)12-22/h3-12,15-17,24-25,30H,14H2,1-2H3,(H,31,33)/t24-,25+/m1/s1. The first-order valence-electron chi connectivity index (χ1n) is 10.6. The van der Waals surface area contributed by atoms with E-state index in [-0.39, 0.29) is 11.3 Å². The summed E-state index contributed by atoms with van der Waals surface area (Å²) >= 11 is 0. The minimum Gasteiger partial charge on any atom is -0.325 e. The van der Waals surface area contributed by atoms with E-state index >= 15 is 0 Å². The molecule has 0 aliphatic rings. The Hall–Kier alpha value is -3.89. The largest absolute Gasteiger partial charge is 0.325 e. The third-order valence-electron chi connectivity index (χ3n) is 5.16. The van der Waals surface area contributed by atoms with Gasteiger partial charge in [-0.15, -0.1) is 0 Å². The molecule has 1 heterocycles. The van der Waals surface area contributed by atoms with E-state index in [0.717, 1.165) is 17.7 Å². The van der Waals surface area contributed by atoms with Crippen molar-refractivity contribution < 1.29 is 14.0 Å². The fourth-order valence-electron chi connectivity index (χ4n) is 3.67. The third-order valence-corrected chi connectivity index (χ3v) is 5.16. The van der Waals surface area contributed by atoms with E-state index in [1.165, 1.54) is 6.07 Å². The van der Waals surface area contributed by atoms with Gasteiger partial charge in [0.15, 0.2) is 0 Å². The van der Waals surface area contributed by atoms with Crippen molar-refractivity contribution in [3.05, 3.63) is 95.1 Å². The van der Waals surface area contributed by atoms with E-state index in [2.05, 4.69) is 29.5 Å². The number of nitrogens with zero attached hydrogens (tertiary/aromatic N) is 2. The zero-order valence-corrected chi connectivity index (χ0v) is 18.5. The Kier molecular flexibility index (Phi) is 8.01. The molecule has 1 amide bonds. The Balaban J connectivity index is 2.10. The highest BCUT2D eigenvalue weighted by Crippen LogP contribution is 2.34. The summed E-state index contributed by atoms with van der Waals surface area (Å²) in [6.45, 7) is 4.72. The second kappa shape index (κ2) is 11.1. The number of hydrogen-bond acceptors (Lipinski definition) is 5. The van der Waals surface area contributed by atoms with Crippen LogP contribution in [0.15, 0.2) is 67.0 Å². The average Bonchev–Trinajstić information content (AvgIpc) is 2.81. The lowest BCUT2D eigenvalue weighted by Crippen LogP contribution is -2.36. The molecule has 0 aliphatic heterocycles. The molecule has 6 nitrogen and oxygen atoms in total. The van der Waals surface area contributed by atoms with Crippen molar-refractivity contribution in [1.82, 2.24) is 10.3 Å². The molecule has 2 atom stereocenters. The number of nitriles is 1. The van der Waals surface area contributed by atoms with Gasteiger partial charge in [-0.3, -0.25) is 14.6 Å². The summed E-state index contributed by atoms with van der Waals surface area (Å²) < 4.78 is 14.0. The fourth-order valence-corrected chi connectivity index (χ4v) is 3.67. The van der Waals surface area contributed by atoms with Crippen molar-refractivity contribution in [2.24, 2.45) is 5.92 Å². The number of anilines is 1. The number of carbonyl (C=O) groups is 2. The van der Waals surface area contributed by atoms with Crippen LogP contribution in [-0.2, 0) is 4.79 Å². The molecule has 0 saturated carbocycles. The fraction of sp³-hybridized carbons (Fsp3) is 0.231. The zero-order chi connectivity index (χ0) is 23.8. The van der Waals surface area contributed by atoms with E-state index < -0.39 is 23.7 Å². The molecule has 7 heteroatoms. The van der Waals surface area contributed by atoms with Crippen LogP contribution in [0.2, 0.25) is 0 Å². The van der Waals surface area contributed by atoms with Crippen LogP contribution in [0.25, 0.3) is 0 Å². The molecule has 0 radical (unpaired) electrons. The molecule has 2 N–H and O–H groups in total. The number of halogens is 1. The minimum atomic E-state index is -0.830. The lowest BCUT2D eigenvalue weighted by molar-refractivity contribution is -0.118. The number of carbonyl (C=O) groups excluding carboxylic acids is 2. The van der Waals surface area contributed by atoms with Crippen molar-refractivity contribution in [2.45, 2.75) is 25.8 Å². The number of aldehydes is 1. The molecule has 0 saturated heterocycles. The Morgan fingerprint density at radius 3 is 2.64 bits per heavy atom. The summed E-state index contributed by atoms with van der Waals surface area (Å²) in [5.41, 5.74) is 1.95. The van der Waals surface area contributed by atoms with Crippen molar-refractivity contribution in [3.8, 4) is 6.07 Å². The van der Waals surface area contributed by atoms with Crippen molar-refractivity contribution in [2.75, 3.05) is 11.9 Å². The molecular formula is C26H25FN4O2. The van der Waals surface area contributed by atoms with Gasteiger partial charge in [0.05, 0.1) is 17.6 Å². The third kappa shape index (κ3) is 6.09. The number of benzene rings is 2. The number of amides is 1. The predicted octanol–water partition coefficient (Wildman–Crippen LogP) is 4.61. The van der Waals surface area contributed by atoms with E-state index in [1.807, 2.05) is 12.1 Å². The van der Waals surface area contributed by atoms with E-state index in [4.69, 9.17) is 5.26 Å². The second-order valence-corrected chi connectivity index (χ2v) is 8.12. The first-order chi connectivity index (χ1) is 15.9. The topological polar surface area (TPSA) is 94.9 Å². The van der Waals surface area contributed by atoms with Gasteiger partial charge >= 0.3 is 0 Å². The van der Waals surface area contributed by atoms with Crippen molar-refractivity contribution in [1.29, 1.82) is 5.26 Å². The van der Waals surface area contributed by atoms with Crippen LogP contribution in [0, 0.1) is 23.1 Å². The van der Waals surface area contributed by atoms with Gasteiger partial charge in [0, 0.05) is 29.7 Å². The number of pyridine rings is 1. The monoisotopic (exact) mass is 444 g/mol. The second-order valence-electron chi connectivity index (χ2n) is 8.12. The maximum atomic E-state index is 14.0. The van der Waals surface area contributed by atoms with Gasteiger partial charge in [-0.1, -0.05) is 44.2 Å². The molecule has 3 rings (SSSR count). The number of nitrogens with one attached hydrogen (secondary N) is 2. The number of hydrogen-bond donors (Lipinski definition) is 2. The minimum absolute atomic E-state index is 0.0943. The van der Waals surface area contributed by atoms with Gasteiger partial charge in [-0.2, -0.15) is 5.26 Å². The smallest absolute Gasteiger partial charge is 0.233 e. The SMILES string of the molecule is CC(C)CN[C@@H](c1cccnc1)[C@H](C(=O)Nc1cc(F)cc(C#N)c1)c1ccccc1C=O. The molecule has 33 heavy (non-hydrogen) atoms. The van der Waals surface area contributed by atoms with E-state index in [0.29, 0.717) is 29.9 Å². The van der Waals surface area contributed by atoms with Crippen molar-refractivity contribution >= 4 is 17.9 Å². The average molecular weight is 445 g/mol. The maximum Gasteiger partial charge on any atom is 0.233 e. The summed E-state index contributed by atoms with van der Waals surface area (Å²) in [4.78, 5) is 29.7. The summed E-state index contributed by atoms with van der Waals surface area (Å²) in [6, 6.07) is 15.6. The molecule has 168 valence electrons. The first kappa shape index (κ1) is 23.8. The summed E-state index contributed by atoms with van der Waals surface area (Å²) in [6.07, 6.45) is 4.04. The Bertz CT molecular complexity index is 1160. The lowest BCUT2D eigenvalue weighted by Gasteiger charge is -2.29. The van der Waals surface area contributed by atoms with Gasteiger partial charge in [-0.05, 0) is 47.9 Å². The van der Waals surface area contributed by atoms with Gasteiger partial charge in [0.2, 0.25) is 5.91 Å². The van der Waals surface area contributed by atoms with Crippen LogP contribution >= 0.6 is 0 Å². The Morgan fingerprint density at radius 1 is 1.18 bits per heavy atom. The molecule has 0 spiro atoms. The molecule has 0 aliphatic carbocycles. The molecule has 2 aromatic carbocycles. The van der Waals surface area contributed by atoms with Crippen LogP contribution in [0.4, 0.5) is 10.1 Å². The number of rotatable bonds is 9.